The van der Waals surface area contributed by atoms with Gasteiger partial charge in [-0.25, -0.2) is 8.78 Å². The van der Waals surface area contributed by atoms with Crippen LogP contribution in [0.15, 0.2) is 60.4 Å². The molecule has 1 saturated carbocycles. The van der Waals surface area contributed by atoms with Gasteiger partial charge in [-0.15, -0.1) is 5.10 Å². The summed E-state index contributed by atoms with van der Waals surface area (Å²) in [7, 11) is 0. The van der Waals surface area contributed by atoms with E-state index in [2.05, 4.69) is 30.8 Å². The highest BCUT2D eigenvalue weighted by atomic mass is 19.1. The van der Waals surface area contributed by atoms with Crippen LogP contribution in [0.4, 0.5) is 8.78 Å². The zero-order valence-corrected chi connectivity index (χ0v) is 21.3. The number of nitrogens with one attached hydrogen (secondary N) is 1. The molecular weight excluding hydrogens is 500 g/mol. The van der Waals surface area contributed by atoms with Crippen molar-refractivity contribution in [2.45, 2.75) is 51.6 Å². The van der Waals surface area contributed by atoms with Gasteiger partial charge in [0.1, 0.15) is 11.6 Å². The monoisotopic (exact) mass is 527 g/mol. The third-order valence-corrected chi connectivity index (χ3v) is 7.14. The number of carbonyl (C=O) groups is 1. The number of carbonyl (C=O) groups excluding carboxylic acids is 1. The molecule has 2 aliphatic rings. The van der Waals surface area contributed by atoms with Crippen molar-refractivity contribution in [3.63, 3.8) is 0 Å². The molecule has 198 valence electrons. The van der Waals surface area contributed by atoms with Gasteiger partial charge in [0.05, 0.1) is 29.8 Å². The van der Waals surface area contributed by atoms with E-state index < -0.39 is 11.6 Å². The van der Waals surface area contributed by atoms with Crippen LogP contribution in [0.3, 0.4) is 0 Å². The number of hydrogen-bond acceptors (Lipinski definition) is 6. The van der Waals surface area contributed by atoms with Crippen molar-refractivity contribution in [2.24, 2.45) is 5.92 Å². The second kappa shape index (κ2) is 10.8. The third-order valence-electron chi connectivity index (χ3n) is 7.14. The summed E-state index contributed by atoms with van der Waals surface area (Å²) in [5.41, 5.74) is 6.10. The number of amides is 1. The molecule has 3 aromatic heterocycles. The molecule has 6 rings (SSSR count). The highest BCUT2D eigenvalue weighted by molar-refractivity contribution is 5.91. The second-order valence-corrected chi connectivity index (χ2v) is 10.00. The van der Waals surface area contributed by atoms with Gasteiger partial charge in [0.2, 0.25) is 0 Å². The Bertz CT molecular complexity index is 1550. The smallest absolute Gasteiger partial charge is 0.273 e. The van der Waals surface area contributed by atoms with Crippen LogP contribution in [0.5, 0.6) is 0 Å². The molecule has 39 heavy (non-hydrogen) atoms. The van der Waals surface area contributed by atoms with Crippen LogP contribution in [0.25, 0.3) is 5.57 Å². The lowest BCUT2D eigenvalue weighted by molar-refractivity contribution is 0.0945. The van der Waals surface area contributed by atoms with E-state index in [1.807, 2.05) is 24.3 Å². The van der Waals surface area contributed by atoms with Crippen LogP contribution in [-0.4, -0.2) is 36.1 Å². The van der Waals surface area contributed by atoms with Gasteiger partial charge in [0.25, 0.3) is 5.91 Å². The molecule has 1 aromatic carbocycles. The Hall–Kier alpha value is -4.34. The minimum Gasteiger partial charge on any atom is -0.345 e. The average molecular weight is 528 g/mol. The van der Waals surface area contributed by atoms with Crippen molar-refractivity contribution in [3.05, 3.63) is 106 Å². The molecule has 8 nitrogen and oxygen atoms in total. The summed E-state index contributed by atoms with van der Waals surface area (Å²) in [6.45, 7) is 0.928. The number of benzene rings is 1. The predicted molar refractivity (Wildman–Crippen MR) is 139 cm³/mol. The van der Waals surface area contributed by atoms with Crippen molar-refractivity contribution in [1.82, 2.24) is 35.5 Å². The Morgan fingerprint density at radius 1 is 1.00 bits per heavy atom. The number of nitrogens with zero attached hydrogens (tertiary/aromatic N) is 6. The Morgan fingerprint density at radius 3 is 2.69 bits per heavy atom. The van der Waals surface area contributed by atoms with Crippen molar-refractivity contribution in [3.8, 4) is 0 Å². The van der Waals surface area contributed by atoms with Crippen LogP contribution in [0.1, 0.15) is 64.4 Å². The van der Waals surface area contributed by atoms with E-state index in [4.69, 9.17) is 0 Å². The largest absolute Gasteiger partial charge is 0.345 e. The number of halogens is 2. The van der Waals surface area contributed by atoms with Gasteiger partial charge in [0.15, 0.2) is 5.69 Å². The minimum absolute atomic E-state index is 0.259. The van der Waals surface area contributed by atoms with Crippen molar-refractivity contribution in [2.75, 3.05) is 0 Å². The summed E-state index contributed by atoms with van der Waals surface area (Å²) in [6.07, 6.45) is 8.49. The number of aryl methyl sites for hydroxylation is 2. The van der Waals surface area contributed by atoms with Crippen LogP contribution in [0.2, 0.25) is 0 Å². The molecule has 0 atom stereocenters. The molecule has 0 spiro atoms. The van der Waals surface area contributed by atoms with Gasteiger partial charge in [-0.2, -0.15) is 10.2 Å². The molecule has 0 bridgehead atoms. The van der Waals surface area contributed by atoms with E-state index >= 15 is 0 Å². The summed E-state index contributed by atoms with van der Waals surface area (Å²) in [5.74, 6) is -0.993. The number of hydrogen-bond donors (Lipinski definition) is 1. The minimum atomic E-state index is -0.582. The first-order valence-electron chi connectivity index (χ1n) is 13.2. The van der Waals surface area contributed by atoms with E-state index in [9.17, 15) is 13.6 Å². The summed E-state index contributed by atoms with van der Waals surface area (Å²) >= 11 is 0. The molecule has 3 heterocycles. The average Bonchev–Trinajstić information content (AvgIpc) is 3.57. The van der Waals surface area contributed by atoms with Crippen LogP contribution < -0.4 is 5.32 Å². The van der Waals surface area contributed by atoms with Gasteiger partial charge in [-0.1, -0.05) is 16.9 Å². The molecular formula is C29H27F2N7O. The van der Waals surface area contributed by atoms with Crippen LogP contribution in [-0.2, 0) is 25.9 Å². The maximum Gasteiger partial charge on any atom is 0.273 e. The van der Waals surface area contributed by atoms with E-state index in [0.29, 0.717) is 37.4 Å². The van der Waals surface area contributed by atoms with Gasteiger partial charge in [0, 0.05) is 36.4 Å². The van der Waals surface area contributed by atoms with Crippen LogP contribution in [0, 0.1) is 17.6 Å². The van der Waals surface area contributed by atoms with E-state index in [-0.39, 0.29) is 11.6 Å². The lowest BCUT2D eigenvalue weighted by atomic mass is 9.95. The SMILES string of the molecule is O=C(NCc1ccccn1)c1cn(CCCCc2cc3c(nn2)CC(C2CC2)=C3c2ccc(F)cc2F)nn1. The fourth-order valence-corrected chi connectivity index (χ4v) is 5.01. The standard InChI is InChI=1S/C29H27F2N7O/c30-19-9-10-22(25(31)13-19)28-23(18-7-8-18)15-26-24(28)14-20(34-35-26)5-2-4-12-38-17-27(36-37-38)29(39)33-16-21-6-1-3-11-32-21/h1,3,6,9-11,13-14,17-18H,2,4-5,7-8,12,15-16H2,(H,33,39). The number of rotatable bonds is 10. The maximum absolute atomic E-state index is 14.8. The fraction of sp³-hybridized carbons (Fsp3) is 0.310. The predicted octanol–water partition coefficient (Wildman–Crippen LogP) is 4.46. The quantitative estimate of drug-likeness (QED) is 0.306. The second-order valence-electron chi connectivity index (χ2n) is 10.00. The molecule has 0 unspecified atom stereocenters. The number of aromatic nitrogens is 6. The first-order valence-corrected chi connectivity index (χ1v) is 13.2. The summed E-state index contributed by atoms with van der Waals surface area (Å²) in [4.78, 5) is 16.5. The number of pyridine rings is 1. The number of fused-ring (bicyclic) bond motifs is 1. The topological polar surface area (TPSA) is 98.5 Å². The summed E-state index contributed by atoms with van der Waals surface area (Å²) < 4.78 is 30.0. The van der Waals surface area contributed by atoms with Gasteiger partial charge in [-0.05, 0) is 73.9 Å². The van der Waals surface area contributed by atoms with Crippen molar-refractivity contribution >= 4 is 11.5 Å². The third kappa shape index (κ3) is 5.59. The molecule has 0 radical (unpaired) electrons. The molecule has 1 N–H and O–H groups in total. The maximum atomic E-state index is 14.8. The molecule has 2 aliphatic carbocycles. The fourth-order valence-electron chi connectivity index (χ4n) is 5.01. The van der Waals surface area contributed by atoms with Crippen LogP contribution >= 0.6 is 0 Å². The van der Waals surface area contributed by atoms with Gasteiger partial charge < -0.3 is 5.32 Å². The Balaban J connectivity index is 1.06. The highest BCUT2D eigenvalue weighted by Crippen LogP contribution is 2.48. The van der Waals surface area contributed by atoms with E-state index in [0.717, 1.165) is 60.0 Å². The van der Waals surface area contributed by atoms with Crippen molar-refractivity contribution < 1.29 is 13.6 Å². The first kappa shape index (κ1) is 25.0. The molecule has 0 saturated heterocycles. The van der Waals surface area contributed by atoms with Gasteiger partial charge in [-0.3, -0.25) is 14.5 Å². The molecule has 1 amide bonds. The lowest BCUT2D eigenvalue weighted by Crippen LogP contribution is -2.23. The number of allylic oxidation sites excluding steroid dienone is 1. The Labute approximate surface area is 224 Å². The Morgan fingerprint density at radius 2 is 1.90 bits per heavy atom. The molecule has 0 aliphatic heterocycles. The summed E-state index contributed by atoms with van der Waals surface area (Å²) in [6, 6.07) is 11.3. The van der Waals surface area contributed by atoms with Gasteiger partial charge >= 0.3 is 0 Å². The lowest BCUT2D eigenvalue weighted by Gasteiger charge is -2.11. The van der Waals surface area contributed by atoms with E-state index in [1.54, 1.807) is 17.1 Å². The normalized spacial score (nSPS) is 14.5. The first-order chi connectivity index (χ1) is 19.0. The summed E-state index contributed by atoms with van der Waals surface area (Å²) in [5, 5.41) is 19.7. The molecule has 10 heteroatoms. The van der Waals surface area contributed by atoms with Crippen molar-refractivity contribution in [1.29, 1.82) is 0 Å². The van der Waals surface area contributed by atoms with E-state index in [1.165, 1.54) is 17.7 Å². The highest BCUT2D eigenvalue weighted by Gasteiger charge is 2.35. The molecule has 1 fully saturated rings. The zero-order valence-electron chi connectivity index (χ0n) is 21.3. The zero-order chi connectivity index (χ0) is 26.8. The number of unbranched alkanes of at least 4 members (excludes halogenated alkanes) is 1. The molecule has 4 aromatic rings. The Kier molecular flexibility index (Phi) is 6.91.